The highest BCUT2D eigenvalue weighted by molar-refractivity contribution is 7.89. The van der Waals surface area contributed by atoms with Crippen LogP contribution >= 0.6 is 0 Å². The van der Waals surface area contributed by atoms with Gasteiger partial charge in [-0.05, 0) is 25.0 Å². The predicted molar refractivity (Wildman–Crippen MR) is 76.3 cm³/mol. The van der Waals surface area contributed by atoms with Crippen LogP contribution in [0.3, 0.4) is 0 Å². The molecule has 2 rings (SSSR count). The van der Waals surface area contributed by atoms with Crippen molar-refractivity contribution in [3.05, 3.63) is 29.8 Å². The number of aryl methyl sites for hydroxylation is 1. The summed E-state index contributed by atoms with van der Waals surface area (Å²) in [6, 6.07) is 6.33. The van der Waals surface area contributed by atoms with Gasteiger partial charge in [-0.3, -0.25) is 0 Å². The van der Waals surface area contributed by atoms with Crippen LogP contribution in [0, 0.1) is 6.92 Å². The maximum atomic E-state index is 12.3. The van der Waals surface area contributed by atoms with Crippen LogP contribution in [0.5, 0.6) is 0 Å². The molecule has 0 bridgehead atoms. The Balaban J connectivity index is 2.14. The largest absolute Gasteiger partial charge is 0.241 e. The van der Waals surface area contributed by atoms with Gasteiger partial charge in [0.25, 0.3) is 0 Å². The minimum Gasteiger partial charge on any atom is -0.213 e. The SMILES string of the molecule is Cc1ccccc1S(=O)(=O)NC1CCN(S(C)(=O)=O)C1. The van der Waals surface area contributed by atoms with Crippen molar-refractivity contribution in [3.8, 4) is 0 Å². The summed E-state index contributed by atoms with van der Waals surface area (Å²) in [5, 5.41) is 0. The average Bonchev–Trinajstić information content (AvgIpc) is 2.76. The first-order chi connectivity index (χ1) is 9.20. The van der Waals surface area contributed by atoms with Crippen LogP contribution < -0.4 is 4.72 Å². The molecule has 8 heteroatoms. The molecule has 1 aliphatic rings. The summed E-state index contributed by atoms with van der Waals surface area (Å²) in [5.74, 6) is 0. The molecular formula is C12H18N2O4S2. The van der Waals surface area contributed by atoms with E-state index in [1.807, 2.05) is 0 Å². The Morgan fingerprint density at radius 1 is 1.20 bits per heavy atom. The highest BCUT2D eigenvalue weighted by atomic mass is 32.2. The molecule has 1 aliphatic heterocycles. The zero-order valence-corrected chi connectivity index (χ0v) is 13.0. The van der Waals surface area contributed by atoms with Gasteiger partial charge in [-0.15, -0.1) is 0 Å². The van der Waals surface area contributed by atoms with Gasteiger partial charge in [0.2, 0.25) is 20.0 Å². The Labute approximate surface area is 119 Å². The monoisotopic (exact) mass is 318 g/mol. The molecule has 1 aromatic carbocycles. The summed E-state index contributed by atoms with van der Waals surface area (Å²) < 4.78 is 51.3. The van der Waals surface area contributed by atoms with E-state index in [1.54, 1.807) is 31.2 Å². The predicted octanol–water partition coefficient (Wildman–Crippen LogP) is 0.307. The fourth-order valence-electron chi connectivity index (χ4n) is 2.27. The van der Waals surface area contributed by atoms with Gasteiger partial charge in [-0.1, -0.05) is 18.2 Å². The van der Waals surface area contributed by atoms with Gasteiger partial charge in [-0.2, -0.15) is 0 Å². The second kappa shape index (κ2) is 5.44. The minimum absolute atomic E-state index is 0.184. The normalized spacial score (nSPS) is 21.2. The van der Waals surface area contributed by atoms with E-state index in [-0.39, 0.29) is 17.5 Å². The van der Waals surface area contributed by atoms with Gasteiger partial charge < -0.3 is 0 Å². The van der Waals surface area contributed by atoms with E-state index >= 15 is 0 Å². The molecule has 1 N–H and O–H groups in total. The molecule has 1 unspecified atom stereocenters. The first-order valence-electron chi connectivity index (χ1n) is 6.23. The van der Waals surface area contributed by atoms with Crippen molar-refractivity contribution < 1.29 is 16.8 Å². The van der Waals surface area contributed by atoms with Crippen molar-refractivity contribution in [1.82, 2.24) is 9.03 Å². The lowest BCUT2D eigenvalue weighted by Gasteiger charge is -2.15. The van der Waals surface area contributed by atoms with Crippen LogP contribution in [0.25, 0.3) is 0 Å². The highest BCUT2D eigenvalue weighted by Crippen LogP contribution is 2.18. The smallest absolute Gasteiger partial charge is 0.213 e. The number of nitrogens with one attached hydrogen (secondary N) is 1. The van der Waals surface area contributed by atoms with Gasteiger partial charge in [0, 0.05) is 19.1 Å². The second-order valence-electron chi connectivity index (χ2n) is 4.99. The fraction of sp³-hybridized carbons (Fsp3) is 0.500. The molecule has 0 radical (unpaired) electrons. The van der Waals surface area contributed by atoms with Crippen LogP contribution in [-0.4, -0.2) is 46.5 Å². The Kier molecular flexibility index (Phi) is 4.19. The third kappa shape index (κ3) is 3.38. The molecule has 1 aromatic rings. The molecule has 0 aliphatic carbocycles. The topological polar surface area (TPSA) is 83.6 Å². The first kappa shape index (κ1) is 15.4. The van der Waals surface area contributed by atoms with Gasteiger partial charge in [0.1, 0.15) is 0 Å². The van der Waals surface area contributed by atoms with Crippen molar-refractivity contribution in [2.75, 3.05) is 19.3 Å². The van der Waals surface area contributed by atoms with Crippen LogP contribution in [0.15, 0.2) is 29.2 Å². The van der Waals surface area contributed by atoms with Gasteiger partial charge in [0.05, 0.1) is 11.2 Å². The van der Waals surface area contributed by atoms with E-state index in [4.69, 9.17) is 0 Å². The van der Waals surface area contributed by atoms with E-state index in [0.29, 0.717) is 18.5 Å². The van der Waals surface area contributed by atoms with Gasteiger partial charge >= 0.3 is 0 Å². The van der Waals surface area contributed by atoms with Crippen LogP contribution in [0.1, 0.15) is 12.0 Å². The molecule has 1 saturated heterocycles. The van der Waals surface area contributed by atoms with Crippen LogP contribution in [0.2, 0.25) is 0 Å². The Morgan fingerprint density at radius 2 is 1.85 bits per heavy atom. The molecular weight excluding hydrogens is 300 g/mol. The number of sulfonamides is 2. The maximum Gasteiger partial charge on any atom is 0.241 e. The molecule has 112 valence electrons. The Morgan fingerprint density at radius 3 is 2.40 bits per heavy atom. The summed E-state index contributed by atoms with van der Waals surface area (Å²) >= 11 is 0. The minimum atomic E-state index is -3.61. The molecule has 0 amide bonds. The Bertz CT molecular complexity index is 698. The zero-order chi connectivity index (χ0) is 15.0. The maximum absolute atomic E-state index is 12.3. The van der Waals surface area contributed by atoms with E-state index in [1.165, 1.54) is 4.31 Å². The number of rotatable bonds is 4. The number of hydrogen-bond donors (Lipinski definition) is 1. The lowest BCUT2D eigenvalue weighted by Crippen LogP contribution is -2.38. The van der Waals surface area contributed by atoms with Crippen molar-refractivity contribution in [3.63, 3.8) is 0 Å². The van der Waals surface area contributed by atoms with Gasteiger partial charge in [-0.25, -0.2) is 25.9 Å². The highest BCUT2D eigenvalue weighted by Gasteiger charge is 2.31. The summed E-state index contributed by atoms with van der Waals surface area (Å²) in [6.07, 6.45) is 1.61. The summed E-state index contributed by atoms with van der Waals surface area (Å²) in [4.78, 5) is 0.234. The average molecular weight is 318 g/mol. The molecule has 0 aromatic heterocycles. The standard InChI is InChI=1S/C12H18N2O4S2/c1-10-5-3-4-6-12(10)20(17,18)13-11-7-8-14(9-11)19(2,15)16/h3-6,11,13H,7-9H2,1-2H3. The number of hydrogen-bond acceptors (Lipinski definition) is 4. The molecule has 0 spiro atoms. The molecule has 0 saturated carbocycles. The Hall–Kier alpha value is -0.960. The second-order valence-corrected chi connectivity index (χ2v) is 8.66. The zero-order valence-electron chi connectivity index (χ0n) is 11.4. The lowest BCUT2D eigenvalue weighted by molar-refractivity contribution is 0.472. The van der Waals surface area contributed by atoms with E-state index in [2.05, 4.69) is 4.72 Å². The molecule has 1 heterocycles. The number of nitrogens with zero attached hydrogens (tertiary/aromatic N) is 1. The molecule has 1 fully saturated rings. The van der Waals surface area contributed by atoms with Crippen molar-refractivity contribution in [1.29, 1.82) is 0 Å². The first-order valence-corrected chi connectivity index (χ1v) is 9.56. The van der Waals surface area contributed by atoms with E-state index in [0.717, 1.165) is 6.26 Å². The van der Waals surface area contributed by atoms with Gasteiger partial charge in [0.15, 0.2) is 0 Å². The number of benzene rings is 1. The third-order valence-corrected chi connectivity index (χ3v) is 6.28. The fourth-order valence-corrected chi connectivity index (χ4v) is 4.66. The molecule has 6 nitrogen and oxygen atoms in total. The third-order valence-electron chi connectivity index (χ3n) is 3.32. The van der Waals surface area contributed by atoms with E-state index in [9.17, 15) is 16.8 Å². The summed E-state index contributed by atoms with van der Waals surface area (Å²) in [5.41, 5.74) is 0.665. The van der Waals surface area contributed by atoms with Crippen molar-refractivity contribution in [2.24, 2.45) is 0 Å². The molecule has 1 atom stereocenters. The van der Waals surface area contributed by atoms with Crippen LogP contribution in [0.4, 0.5) is 0 Å². The quantitative estimate of drug-likeness (QED) is 0.866. The van der Waals surface area contributed by atoms with E-state index < -0.39 is 20.0 Å². The van der Waals surface area contributed by atoms with Crippen molar-refractivity contribution >= 4 is 20.0 Å². The summed E-state index contributed by atoms with van der Waals surface area (Å²) in [6.45, 7) is 2.26. The van der Waals surface area contributed by atoms with Crippen LogP contribution in [-0.2, 0) is 20.0 Å². The molecule has 20 heavy (non-hydrogen) atoms. The van der Waals surface area contributed by atoms with Crippen molar-refractivity contribution in [2.45, 2.75) is 24.3 Å². The summed E-state index contributed by atoms with van der Waals surface area (Å²) in [7, 11) is -6.88. The lowest BCUT2D eigenvalue weighted by atomic mass is 10.2.